The summed E-state index contributed by atoms with van der Waals surface area (Å²) in [6.45, 7) is 2.26. The van der Waals surface area contributed by atoms with Crippen molar-refractivity contribution in [3.63, 3.8) is 0 Å². The van der Waals surface area contributed by atoms with Gasteiger partial charge < -0.3 is 19.9 Å². The summed E-state index contributed by atoms with van der Waals surface area (Å²) in [5, 5.41) is 5.76. The number of benzene rings is 1. The molecule has 31 heavy (non-hydrogen) atoms. The van der Waals surface area contributed by atoms with Gasteiger partial charge in [-0.3, -0.25) is 10.1 Å². The minimum Gasteiger partial charge on any atom is -0.380 e. The van der Waals surface area contributed by atoms with Gasteiger partial charge in [0.05, 0.1) is 6.10 Å². The van der Waals surface area contributed by atoms with Crippen LogP contribution in [0, 0.1) is 0 Å². The largest absolute Gasteiger partial charge is 0.380 e. The number of halogens is 1. The zero-order chi connectivity index (χ0) is 22.0. The Balaban J connectivity index is 1.46. The topological polar surface area (TPSA) is 86.8 Å². The fourth-order valence-corrected chi connectivity index (χ4v) is 4.30. The maximum atomic E-state index is 13.1. The van der Waals surface area contributed by atoms with Crippen molar-refractivity contribution in [3.8, 4) is 0 Å². The first-order valence-corrected chi connectivity index (χ1v) is 11.1. The number of hydrogen-bond donors (Lipinski definition) is 2. The van der Waals surface area contributed by atoms with Crippen molar-refractivity contribution in [2.45, 2.75) is 31.5 Å². The summed E-state index contributed by atoms with van der Waals surface area (Å²) in [5.74, 6) is 0.208. The first kappa shape index (κ1) is 21.7. The van der Waals surface area contributed by atoms with Crippen LogP contribution in [0.2, 0.25) is 0 Å². The second-order valence-corrected chi connectivity index (χ2v) is 8.93. The van der Waals surface area contributed by atoms with E-state index in [2.05, 4.69) is 49.6 Å². The van der Waals surface area contributed by atoms with Crippen molar-refractivity contribution in [1.29, 1.82) is 0 Å². The molecule has 1 fully saturated rings. The van der Waals surface area contributed by atoms with Gasteiger partial charge >= 0.3 is 6.03 Å². The second kappa shape index (κ2) is 9.33. The quantitative estimate of drug-likeness (QED) is 0.691. The van der Waals surface area contributed by atoms with Crippen LogP contribution in [0.5, 0.6) is 0 Å². The van der Waals surface area contributed by atoms with E-state index in [0.717, 1.165) is 29.7 Å². The Morgan fingerprint density at radius 3 is 2.77 bits per heavy atom. The second-order valence-electron chi connectivity index (χ2n) is 8.01. The van der Waals surface area contributed by atoms with Crippen molar-refractivity contribution >= 4 is 39.4 Å². The maximum Gasteiger partial charge on any atom is 0.323 e. The molecule has 3 amide bonds. The van der Waals surface area contributed by atoms with Crippen molar-refractivity contribution in [3.05, 3.63) is 52.1 Å². The van der Waals surface area contributed by atoms with Crippen LogP contribution in [0.1, 0.15) is 17.5 Å². The molecule has 0 aliphatic carbocycles. The number of amides is 3. The first-order valence-electron chi connectivity index (χ1n) is 10.3. The van der Waals surface area contributed by atoms with E-state index in [1.165, 1.54) is 16.0 Å². The molecule has 1 aromatic heterocycles. The number of methoxy groups -OCH3 is 1. The number of likely N-dealkylation sites (N-methyl/N-ethyl adjacent to an activating group) is 1. The molecule has 3 heterocycles. The molecular weight excluding hydrogens is 462 g/mol. The lowest BCUT2D eigenvalue weighted by Gasteiger charge is -2.26. The standard InChI is InChI=1S/C22H26BrN5O3/c1-27-8-7-14-9-17(5-3-15(14)12-27)25-21(29)19-10-18(31-2)13-28(19)22(30)26-20-6-4-16(23)11-24-20/h3-6,9,11,18-19H,7-8,10,12-13H2,1-2H3,(H,25,29)(H,24,26,30)/t18?,19-/m1/s1. The van der Waals surface area contributed by atoms with Gasteiger partial charge in [0, 0.05) is 49.5 Å². The number of carbonyl (C=O) groups is 2. The molecule has 0 radical (unpaired) electrons. The van der Waals surface area contributed by atoms with E-state index in [9.17, 15) is 9.59 Å². The number of pyridine rings is 1. The van der Waals surface area contributed by atoms with Gasteiger partial charge in [-0.1, -0.05) is 6.07 Å². The van der Waals surface area contributed by atoms with Crippen LogP contribution in [-0.2, 0) is 22.5 Å². The lowest BCUT2D eigenvalue weighted by Crippen LogP contribution is -2.45. The minimum atomic E-state index is -0.623. The van der Waals surface area contributed by atoms with Gasteiger partial charge in [0.25, 0.3) is 0 Å². The van der Waals surface area contributed by atoms with Crippen LogP contribution in [0.15, 0.2) is 41.0 Å². The zero-order valence-corrected chi connectivity index (χ0v) is 19.2. The maximum absolute atomic E-state index is 13.1. The van der Waals surface area contributed by atoms with Crippen LogP contribution < -0.4 is 10.6 Å². The molecule has 8 nitrogen and oxygen atoms in total. The number of fused-ring (bicyclic) bond motifs is 1. The number of nitrogens with one attached hydrogen (secondary N) is 2. The van der Waals surface area contributed by atoms with Gasteiger partial charge in [0.2, 0.25) is 5.91 Å². The van der Waals surface area contributed by atoms with E-state index in [0.29, 0.717) is 18.8 Å². The minimum absolute atomic E-state index is 0.196. The summed E-state index contributed by atoms with van der Waals surface area (Å²) in [6, 6.07) is 8.53. The molecule has 0 bridgehead atoms. The highest BCUT2D eigenvalue weighted by Crippen LogP contribution is 2.25. The molecule has 164 valence electrons. The average Bonchev–Trinajstić information content (AvgIpc) is 3.20. The van der Waals surface area contributed by atoms with Gasteiger partial charge in [-0.2, -0.15) is 0 Å². The molecule has 9 heteroatoms. The molecule has 2 aromatic rings. The van der Waals surface area contributed by atoms with Gasteiger partial charge in [0.1, 0.15) is 11.9 Å². The SMILES string of the molecule is COC1C[C@H](C(=O)Nc2ccc3c(c2)CCN(C)C3)N(C(=O)Nc2ccc(Br)cn2)C1. The Morgan fingerprint density at radius 1 is 1.19 bits per heavy atom. The Kier molecular flexibility index (Phi) is 6.54. The van der Waals surface area contributed by atoms with Crippen molar-refractivity contribution < 1.29 is 14.3 Å². The normalized spacial score (nSPS) is 20.9. The summed E-state index contributed by atoms with van der Waals surface area (Å²) in [7, 11) is 3.70. The molecule has 2 aliphatic heterocycles. The number of hydrogen-bond acceptors (Lipinski definition) is 5. The zero-order valence-electron chi connectivity index (χ0n) is 17.6. The predicted octanol–water partition coefficient (Wildman–Crippen LogP) is 3.09. The molecule has 1 aromatic carbocycles. The van der Waals surface area contributed by atoms with Crippen molar-refractivity contribution in [2.24, 2.45) is 0 Å². The van der Waals surface area contributed by atoms with Crippen molar-refractivity contribution in [2.75, 3.05) is 37.9 Å². The smallest absolute Gasteiger partial charge is 0.323 e. The van der Waals surface area contributed by atoms with E-state index in [-0.39, 0.29) is 18.0 Å². The monoisotopic (exact) mass is 487 g/mol. The Morgan fingerprint density at radius 2 is 2.03 bits per heavy atom. The van der Waals surface area contributed by atoms with Crippen LogP contribution >= 0.6 is 15.9 Å². The first-order chi connectivity index (χ1) is 14.9. The number of anilines is 2. The Labute approximate surface area is 190 Å². The number of aromatic nitrogens is 1. The summed E-state index contributed by atoms with van der Waals surface area (Å²) < 4.78 is 6.26. The van der Waals surface area contributed by atoms with Crippen LogP contribution in [-0.4, -0.2) is 66.1 Å². The van der Waals surface area contributed by atoms with Crippen molar-refractivity contribution in [1.82, 2.24) is 14.8 Å². The fourth-order valence-electron chi connectivity index (χ4n) is 4.07. The number of urea groups is 1. The highest BCUT2D eigenvalue weighted by Gasteiger charge is 2.40. The Bertz CT molecular complexity index is 968. The average molecular weight is 488 g/mol. The molecular formula is C22H26BrN5O3. The number of rotatable bonds is 4. The van der Waals surface area contributed by atoms with Gasteiger partial charge in [-0.15, -0.1) is 0 Å². The summed E-state index contributed by atoms with van der Waals surface area (Å²) >= 11 is 3.32. The fraction of sp³-hybridized carbons (Fsp3) is 0.409. The number of likely N-dealkylation sites (tertiary alicyclic amines) is 1. The molecule has 4 rings (SSSR count). The third kappa shape index (κ3) is 5.06. The highest BCUT2D eigenvalue weighted by molar-refractivity contribution is 9.10. The molecule has 1 unspecified atom stereocenters. The van der Waals surface area contributed by atoms with Crippen LogP contribution in [0.3, 0.4) is 0 Å². The van der Waals surface area contributed by atoms with E-state index >= 15 is 0 Å². The van der Waals surface area contributed by atoms with E-state index in [1.54, 1.807) is 25.4 Å². The lowest BCUT2D eigenvalue weighted by atomic mass is 9.99. The summed E-state index contributed by atoms with van der Waals surface area (Å²) in [6.07, 6.45) is 2.81. The molecule has 1 saturated heterocycles. The Hall–Kier alpha value is -2.49. The third-order valence-corrected chi connectivity index (χ3v) is 6.27. The van der Waals surface area contributed by atoms with Gasteiger partial charge in [-0.05, 0) is 64.8 Å². The highest BCUT2D eigenvalue weighted by atomic mass is 79.9. The molecule has 0 spiro atoms. The van der Waals surface area contributed by atoms with E-state index < -0.39 is 6.04 Å². The molecule has 2 N–H and O–H groups in total. The van der Waals surface area contributed by atoms with Gasteiger partial charge in [-0.25, -0.2) is 9.78 Å². The van der Waals surface area contributed by atoms with Crippen LogP contribution in [0.25, 0.3) is 0 Å². The molecule has 2 atom stereocenters. The lowest BCUT2D eigenvalue weighted by molar-refractivity contribution is -0.119. The number of nitrogens with zero attached hydrogens (tertiary/aromatic N) is 3. The predicted molar refractivity (Wildman–Crippen MR) is 122 cm³/mol. The third-order valence-electron chi connectivity index (χ3n) is 5.80. The van der Waals surface area contributed by atoms with Crippen LogP contribution in [0.4, 0.5) is 16.3 Å². The molecule has 0 saturated carbocycles. The van der Waals surface area contributed by atoms with E-state index in [1.807, 2.05) is 12.1 Å². The molecule has 2 aliphatic rings. The number of carbonyl (C=O) groups excluding carboxylic acids is 2. The number of ether oxygens (including phenoxy) is 1. The summed E-state index contributed by atoms with van der Waals surface area (Å²) in [4.78, 5) is 33.9. The van der Waals surface area contributed by atoms with E-state index in [4.69, 9.17) is 4.74 Å². The van der Waals surface area contributed by atoms with Gasteiger partial charge in [0.15, 0.2) is 0 Å². The summed E-state index contributed by atoms with van der Waals surface area (Å²) in [5.41, 5.74) is 3.30.